The molecule has 3 unspecified atom stereocenters. The molecule has 1 N–H and O–H groups in total. The van der Waals surface area contributed by atoms with E-state index in [4.69, 9.17) is 4.74 Å². The number of alkyl halides is 1. The molecule has 3 nitrogen and oxygen atoms in total. The molecule has 0 saturated heterocycles. The molecule has 0 aromatic rings. The van der Waals surface area contributed by atoms with E-state index < -0.39 is 0 Å². The van der Waals surface area contributed by atoms with Gasteiger partial charge in [-0.1, -0.05) is 15.9 Å². The highest BCUT2D eigenvalue weighted by molar-refractivity contribution is 9.10. The van der Waals surface area contributed by atoms with Gasteiger partial charge >= 0.3 is 0 Å². The molecule has 118 valence electrons. The molecule has 21 heavy (non-hydrogen) atoms. The molecular weight excluding hydrogens is 330 g/mol. The second-order valence-corrected chi connectivity index (χ2v) is 9.95. The maximum absolute atomic E-state index is 13.1. The summed E-state index contributed by atoms with van der Waals surface area (Å²) < 4.78 is 5.58. The highest BCUT2D eigenvalue weighted by Gasteiger charge is 2.60. The van der Waals surface area contributed by atoms with Crippen molar-refractivity contribution < 1.29 is 9.53 Å². The van der Waals surface area contributed by atoms with Crippen LogP contribution in [0.15, 0.2) is 0 Å². The summed E-state index contributed by atoms with van der Waals surface area (Å²) in [7, 11) is 1.74. The Bertz CT molecular complexity index is 434. The van der Waals surface area contributed by atoms with Crippen LogP contribution in [0.5, 0.6) is 0 Å². The molecule has 5 aliphatic rings. The van der Waals surface area contributed by atoms with Crippen LogP contribution in [0.1, 0.15) is 51.4 Å². The lowest BCUT2D eigenvalue weighted by molar-refractivity contribution is -0.145. The molecule has 0 radical (unpaired) electrons. The van der Waals surface area contributed by atoms with E-state index in [1.807, 2.05) is 0 Å². The average Bonchev–Trinajstić information content (AvgIpc) is 3.19. The summed E-state index contributed by atoms with van der Waals surface area (Å²) in [6.07, 6.45) is 9.69. The van der Waals surface area contributed by atoms with Crippen LogP contribution in [-0.2, 0) is 9.53 Å². The van der Waals surface area contributed by atoms with Gasteiger partial charge < -0.3 is 10.1 Å². The summed E-state index contributed by atoms with van der Waals surface area (Å²) in [5.74, 6) is 2.51. The molecule has 0 spiro atoms. The number of methoxy groups -OCH3 is 1. The van der Waals surface area contributed by atoms with Gasteiger partial charge in [0.15, 0.2) is 0 Å². The average molecular weight is 356 g/mol. The fourth-order valence-electron chi connectivity index (χ4n) is 5.71. The van der Waals surface area contributed by atoms with Crippen LogP contribution in [0.4, 0.5) is 0 Å². The first-order chi connectivity index (χ1) is 10.0. The quantitative estimate of drug-likeness (QED) is 0.768. The zero-order chi connectivity index (χ0) is 14.7. The number of nitrogens with one attached hydrogen (secondary N) is 1. The van der Waals surface area contributed by atoms with Crippen LogP contribution in [0.3, 0.4) is 0 Å². The normalized spacial score (nSPS) is 45.6. The molecule has 1 amide bonds. The number of rotatable bonds is 5. The highest BCUT2D eigenvalue weighted by atomic mass is 79.9. The van der Waals surface area contributed by atoms with Gasteiger partial charge in [-0.2, -0.15) is 0 Å². The third kappa shape index (κ3) is 2.56. The van der Waals surface area contributed by atoms with Gasteiger partial charge in [0, 0.05) is 11.4 Å². The third-order valence-electron chi connectivity index (χ3n) is 6.33. The van der Waals surface area contributed by atoms with Crippen molar-refractivity contribution in [3.63, 3.8) is 0 Å². The zero-order valence-corrected chi connectivity index (χ0v) is 14.5. The number of hydrogen-bond acceptors (Lipinski definition) is 2. The minimum atomic E-state index is -0.0888. The summed E-state index contributed by atoms with van der Waals surface area (Å²) in [6, 6.07) is 0.238. The van der Waals surface area contributed by atoms with E-state index in [0.717, 1.165) is 31.1 Å². The Balaban J connectivity index is 1.50. The number of carbonyl (C=O) groups is 1. The van der Waals surface area contributed by atoms with Crippen LogP contribution >= 0.6 is 15.9 Å². The van der Waals surface area contributed by atoms with Crippen molar-refractivity contribution in [3.8, 4) is 0 Å². The molecule has 5 fully saturated rings. The van der Waals surface area contributed by atoms with E-state index in [0.29, 0.717) is 18.4 Å². The van der Waals surface area contributed by atoms with Gasteiger partial charge in [-0.15, -0.1) is 0 Å². The van der Waals surface area contributed by atoms with Crippen LogP contribution in [-0.4, -0.2) is 30.0 Å². The molecule has 0 aromatic heterocycles. The van der Waals surface area contributed by atoms with Gasteiger partial charge in [0.05, 0.1) is 18.1 Å². The van der Waals surface area contributed by atoms with E-state index in [1.165, 1.54) is 32.1 Å². The van der Waals surface area contributed by atoms with E-state index in [-0.39, 0.29) is 15.8 Å². The van der Waals surface area contributed by atoms with E-state index in [1.54, 1.807) is 7.11 Å². The topological polar surface area (TPSA) is 38.3 Å². The van der Waals surface area contributed by atoms with E-state index in [2.05, 4.69) is 21.2 Å². The molecule has 0 heterocycles. The maximum atomic E-state index is 13.1. The van der Waals surface area contributed by atoms with Gasteiger partial charge in [0.1, 0.15) is 0 Å². The largest absolute Gasteiger partial charge is 0.383 e. The van der Waals surface area contributed by atoms with Crippen molar-refractivity contribution in [2.45, 2.75) is 61.7 Å². The summed E-state index contributed by atoms with van der Waals surface area (Å²) in [4.78, 5) is 13.1. The van der Waals surface area contributed by atoms with Gasteiger partial charge in [-0.3, -0.25) is 4.79 Å². The van der Waals surface area contributed by atoms with Gasteiger partial charge in [-0.05, 0) is 69.1 Å². The molecule has 5 saturated carbocycles. The van der Waals surface area contributed by atoms with Gasteiger partial charge in [0.2, 0.25) is 5.91 Å². The lowest BCUT2D eigenvalue weighted by Crippen LogP contribution is -2.59. The Labute approximate surface area is 135 Å². The van der Waals surface area contributed by atoms with Crippen LogP contribution in [0, 0.1) is 23.2 Å². The summed E-state index contributed by atoms with van der Waals surface area (Å²) in [6.45, 7) is 0.665. The standard InChI is InChI=1S/C17H26BrNO2/c1-21-9-14(13-2-3-13)19-15(20)16-5-11-4-12(6-16)8-17(18,7-11)10-16/h11-14H,2-10H2,1H3,(H,19,20). The first-order valence-electron chi connectivity index (χ1n) is 8.51. The first-order valence-corrected chi connectivity index (χ1v) is 9.30. The monoisotopic (exact) mass is 355 g/mol. The van der Waals surface area contributed by atoms with Crippen molar-refractivity contribution in [3.05, 3.63) is 0 Å². The van der Waals surface area contributed by atoms with Crippen molar-refractivity contribution in [2.24, 2.45) is 23.2 Å². The maximum Gasteiger partial charge on any atom is 0.226 e. The molecule has 0 aliphatic heterocycles. The lowest BCUT2D eigenvalue weighted by atomic mass is 9.49. The predicted octanol–water partition coefficient (Wildman–Crippen LogP) is 3.26. The van der Waals surface area contributed by atoms with Crippen molar-refractivity contribution >= 4 is 21.8 Å². The Hall–Kier alpha value is -0.0900. The van der Waals surface area contributed by atoms with Crippen LogP contribution < -0.4 is 5.32 Å². The number of halogens is 1. The fourth-order valence-corrected chi connectivity index (χ4v) is 7.16. The molecule has 5 rings (SSSR count). The fraction of sp³-hybridized carbons (Fsp3) is 0.941. The van der Waals surface area contributed by atoms with Gasteiger partial charge in [-0.25, -0.2) is 0 Å². The first kappa shape index (κ1) is 14.5. The Morgan fingerprint density at radius 2 is 1.95 bits per heavy atom. The molecule has 3 atom stereocenters. The van der Waals surface area contributed by atoms with E-state index >= 15 is 0 Å². The summed E-state index contributed by atoms with van der Waals surface area (Å²) >= 11 is 3.99. The molecule has 5 aliphatic carbocycles. The SMILES string of the molecule is COCC(NC(=O)C12CC3CC(CC(Br)(C3)C1)C2)C1CC1. The predicted molar refractivity (Wildman–Crippen MR) is 85.3 cm³/mol. The second-order valence-electron chi connectivity index (χ2n) is 8.26. The van der Waals surface area contributed by atoms with Crippen molar-refractivity contribution in [1.29, 1.82) is 0 Å². The third-order valence-corrected chi connectivity index (χ3v) is 7.25. The smallest absolute Gasteiger partial charge is 0.226 e. The van der Waals surface area contributed by atoms with Crippen LogP contribution in [0.2, 0.25) is 0 Å². The highest BCUT2D eigenvalue weighted by Crippen LogP contribution is 2.64. The molecule has 4 bridgehead atoms. The minimum Gasteiger partial charge on any atom is -0.383 e. The van der Waals surface area contributed by atoms with Crippen LogP contribution in [0.25, 0.3) is 0 Å². The minimum absolute atomic E-state index is 0.0888. The Kier molecular flexibility index (Phi) is 3.42. The molecular formula is C17H26BrNO2. The second kappa shape index (κ2) is 4.95. The summed E-state index contributed by atoms with van der Waals surface area (Å²) in [5.41, 5.74) is -0.0888. The number of ether oxygens (including phenoxy) is 1. The zero-order valence-electron chi connectivity index (χ0n) is 12.9. The number of carbonyl (C=O) groups excluding carboxylic acids is 1. The Morgan fingerprint density at radius 3 is 2.48 bits per heavy atom. The van der Waals surface area contributed by atoms with E-state index in [9.17, 15) is 4.79 Å². The van der Waals surface area contributed by atoms with Crippen molar-refractivity contribution in [2.75, 3.05) is 13.7 Å². The number of amides is 1. The summed E-state index contributed by atoms with van der Waals surface area (Å²) in [5, 5.41) is 3.37. The number of hydrogen-bond donors (Lipinski definition) is 1. The van der Waals surface area contributed by atoms with Gasteiger partial charge in [0.25, 0.3) is 0 Å². The molecule has 4 heteroatoms. The van der Waals surface area contributed by atoms with Crippen molar-refractivity contribution in [1.82, 2.24) is 5.32 Å². The lowest BCUT2D eigenvalue weighted by Gasteiger charge is -2.59. The molecule has 0 aromatic carbocycles. The Morgan fingerprint density at radius 1 is 1.29 bits per heavy atom.